The minimum atomic E-state index is -0.104. The van der Waals surface area contributed by atoms with Gasteiger partial charge < -0.3 is 9.80 Å². The van der Waals surface area contributed by atoms with Crippen LogP contribution in [-0.4, -0.2) is 25.9 Å². The summed E-state index contributed by atoms with van der Waals surface area (Å²) in [4.78, 5) is 30.3. The predicted octanol–water partition coefficient (Wildman–Crippen LogP) is 4.71. The number of carbonyl (C=O) groups excluding carboxylic acids is 2. The number of benzene rings is 2. The molecule has 2 heterocycles. The summed E-state index contributed by atoms with van der Waals surface area (Å²) in [5.41, 5.74) is 12.7. The van der Waals surface area contributed by atoms with Crippen LogP contribution in [0, 0.1) is 48.5 Å². The Bertz CT molecular complexity index is 1180. The lowest BCUT2D eigenvalue weighted by Gasteiger charge is -2.18. The monoisotopic (exact) mass is 388 g/mol. The summed E-state index contributed by atoms with van der Waals surface area (Å²) < 4.78 is 0. The first-order chi connectivity index (χ1) is 13.5. The van der Waals surface area contributed by atoms with Crippen molar-refractivity contribution in [2.75, 3.05) is 23.9 Å². The Morgan fingerprint density at radius 1 is 0.586 bits per heavy atom. The molecule has 29 heavy (non-hydrogen) atoms. The fourth-order valence-electron chi connectivity index (χ4n) is 4.94. The van der Waals surface area contributed by atoms with Gasteiger partial charge in [-0.05, 0) is 93.5 Å². The maximum atomic E-state index is 13.5. The van der Waals surface area contributed by atoms with Crippen LogP contribution in [0.1, 0.15) is 50.1 Å². The van der Waals surface area contributed by atoms with Gasteiger partial charge in [0.15, 0.2) is 0 Å². The minimum absolute atomic E-state index is 0.100. The Morgan fingerprint density at radius 2 is 1.07 bits per heavy atom. The molecular formula is C25H28N2O2. The molecule has 2 aromatic rings. The molecular weight excluding hydrogens is 360 g/mol. The van der Waals surface area contributed by atoms with E-state index in [9.17, 15) is 9.59 Å². The Hall–Kier alpha value is -2.88. The topological polar surface area (TPSA) is 40.6 Å². The summed E-state index contributed by atoms with van der Waals surface area (Å²) in [5, 5.41) is 0. The highest BCUT2D eigenvalue weighted by molar-refractivity contribution is 6.50. The molecule has 2 aromatic carbocycles. The largest absolute Gasteiger partial charge is 0.310 e. The van der Waals surface area contributed by atoms with E-state index in [0.717, 1.165) is 44.8 Å². The number of fused-ring (bicyclic) bond motifs is 2. The Morgan fingerprint density at radius 3 is 1.69 bits per heavy atom. The molecule has 0 fully saturated rings. The number of amides is 2. The molecule has 0 N–H and O–H groups in total. The van der Waals surface area contributed by atoms with E-state index in [1.807, 2.05) is 7.05 Å². The van der Waals surface area contributed by atoms with Gasteiger partial charge in [-0.2, -0.15) is 0 Å². The Balaban J connectivity index is 2.19. The number of rotatable bonds is 0. The molecule has 0 unspecified atom stereocenters. The second-order valence-electron chi connectivity index (χ2n) is 8.54. The van der Waals surface area contributed by atoms with Crippen molar-refractivity contribution in [3.63, 3.8) is 0 Å². The van der Waals surface area contributed by atoms with Crippen LogP contribution >= 0.6 is 0 Å². The third kappa shape index (κ3) is 2.26. The molecule has 4 rings (SSSR count). The first kappa shape index (κ1) is 19.4. The van der Waals surface area contributed by atoms with Crippen LogP contribution in [0.25, 0.3) is 11.1 Å². The highest BCUT2D eigenvalue weighted by Crippen LogP contribution is 2.50. The molecule has 0 spiro atoms. The van der Waals surface area contributed by atoms with Crippen molar-refractivity contribution in [2.45, 2.75) is 48.5 Å². The van der Waals surface area contributed by atoms with Crippen molar-refractivity contribution in [1.82, 2.24) is 0 Å². The average Bonchev–Trinajstić information content (AvgIpc) is 3.07. The van der Waals surface area contributed by atoms with Crippen molar-refractivity contribution in [3.05, 3.63) is 56.1 Å². The third-order valence-corrected chi connectivity index (χ3v) is 7.26. The molecule has 0 atom stereocenters. The van der Waals surface area contributed by atoms with E-state index in [1.54, 1.807) is 16.8 Å². The zero-order valence-electron chi connectivity index (χ0n) is 18.8. The van der Waals surface area contributed by atoms with Gasteiger partial charge in [0.25, 0.3) is 11.8 Å². The lowest BCUT2D eigenvalue weighted by molar-refractivity contribution is -0.114. The first-order valence-electron chi connectivity index (χ1n) is 10.0. The lowest BCUT2D eigenvalue weighted by Crippen LogP contribution is -2.24. The molecule has 0 saturated carbocycles. The summed E-state index contributed by atoms with van der Waals surface area (Å²) >= 11 is 0. The molecule has 0 bridgehead atoms. The van der Waals surface area contributed by atoms with E-state index >= 15 is 0 Å². The Labute approximate surface area is 172 Å². The Kier molecular flexibility index (Phi) is 4.06. The number of nitrogens with zero attached hydrogens (tertiary/aromatic N) is 2. The number of aryl methyl sites for hydroxylation is 1. The van der Waals surface area contributed by atoms with E-state index in [1.165, 1.54) is 16.7 Å². The zero-order valence-corrected chi connectivity index (χ0v) is 18.8. The summed E-state index contributed by atoms with van der Waals surface area (Å²) in [5.74, 6) is -0.204. The molecule has 2 aliphatic heterocycles. The maximum absolute atomic E-state index is 13.5. The second-order valence-corrected chi connectivity index (χ2v) is 8.54. The summed E-state index contributed by atoms with van der Waals surface area (Å²) in [7, 11) is 3.62. The molecule has 150 valence electrons. The van der Waals surface area contributed by atoms with E-state index in [-0.39, 0.29) is 11.8 Å². The standard InChI is InChI=1S/C25H28N2O2/c1-11-10-18-20(24(28)26(8)22(18)16(6)12(11)2)21-19-15(5)13(3)14(4)17(7)23(19)27(9)25(21)29/h10H,1-9H3/b21-20+. The van der Waals surface area contributed by atoms with E-state index in [4.69, 9.17) is 0 Å². The van der Waals surface area contributed by atoms with Crippen molar-refractivity contribution < 1.29 is 9.59 Å². The average molecular weight is 389 g/mol. The van der Waals surface area contributed by atoms with Gasteiger partial charge in [-0.25, -0.2) is 0 Å². The number of likely N-dealkylation sites (N-methyl/N-ethyl adjacent to an activating group) is 2. The van der Waals surface area contributed by atoms with Gasteiger partial charge in [0.1, 0.15) is 0 Å². The molecule has 0 radical (unpaired) electrons. The van der Waals surface area contributed by atoms with Crippen LogP contribution in [0.3, 0.4) is 0 Å². The molecule has 4 nitrogen and oxygen atoms in total. The summed E-state index contributed by atoms with van der Waals surface area (Å²) in [6, 6.07) is 2.07. The number of carbonyl (C=O) groups is 2. The van der Waals surface area contributed by atoms with Gasteiger partial charge >= 0.3 is 0 Å². The lowest BCUT2D eigenvalue weighted by atomic mass is 9.87. The fraction of sp³-hybridized carbons (Fsp3) is 0.360. The predicted molar refractivity (Wildman–Crippen MR) is 120 cm³/mol. The van der Waals surface area contributed by atoms with E-state index in [2.05, 4.69) is 54.5 Å². The van der Waals surface area contributed by atoms with Gasteiger partial charge in [0, 0.05) is 25.2 Å². The number of anilines is 2. The first-order valence-corrected chi connectivity index (χ1v) is 10.0. The summed E-state index contributed by atoms with van der Waals surface area (Å²) in [6.45, 7) is 14.5. The van der Waals surface area contributed by atoms with Crippen LogP contribution in [0.5, 0.6) is 0 Å². The molecule has 0 saturated heterocycles. The van der Waals surface area contributed by atoms with Crippen molar-refractivity contribution in [1.29, 1.82) is 0 Å². The van der Waals surface area contributed by atoms with Gasteiger partial charge in [-0.15, -0.1) is 0 Å². The quantitative estimate of drug-likeness (QED) is 0.613. The highest BCUT2D eigenvalue weighted by atomic mass is 16.2. The molecule has 4 heteroatoms. The number of hydrogen-bond donors (Lipinski definition) is 0. The van der Waals surface area contributed by atoms with Gasteiger partial charge in [0.2, 0.25) is 0 Å². The third-order valence-electron chi connectivity index (χ3n) is 7.26. The normalized spacial score (nSPS) is 18.1. The fourth-order valence-corrected chi connectivity index (χ4v) is 4.94. The molecule has 0 aliphatic carbocycles. The smallest absolute Gasteiger partial charge is 0.259 e. The molecule has 2 amide bonds. The van der Waals surface area contributed by atoms with Crippen molar-refractivity contribution in [3.8, 4) is 0 Å². The number of hydrogen-bond acceptors (Lipinski definition) is 2. The van der Waals surface area contributed by atoms with Crippen LogP contribution in [0.2, 0.25) is 0 Å². The zero-order chi connectivity index (χ0) is 21.5. The van der Waals surface area contributed by atoms with Crippen LogP contribution in [0.4, 0.5) is 11.4 Å². The molecule has 2 aliphatic rings. The minimum Gasteiger partial charge on any atom is -0.310 e. The van der Waals surface area contributed by atoms with E-state index in [0.29, 0.717) is 11.1 Å². The van der Waals surface area contributed by atoms with Gasteiger partial charge in [-0.1, -0.05) is 0 Å². The van der Waals surface area contributed by atoms with Crippen LogP contribution < -0.4 is 9.80 Å². The maximum Gasteiger partial charge on any atom is 0.259 e. The van der Waals surface area contributed by atoms with Crippen molar-refractivity contribution >= 4 is 34.3 Å². The summed E-state index contributed by atoms with van der Waals surface area (Å²) in [6.07, 6.45) is 0. The van der Waals surface area contributed by atoms with Crippen LogP contribution in [0.15, 0.2) is 6.07 Å². The second kappa shape index (κ2) is 6.06. The van der Waals surface area contributed by atoms with E-state index < -0.39 is 0 Å². The molecule has 0 aromatic heterocycles. The highest BCUT2D eigenvalue weighted by Gasteiger charge is 2.42. The van der Waals surface area contributed by atoms with Gasteiger partial charge in [-0.3, -0.25) is 9.59 Å². The van der Waals surface area contributed by atoms with Crippen LogP contribution in [-0.2, 0) is 9.59 Å². The van der Waals surface area contributed by atoms with Gasteiger partial charge in [0.05, 0.1) is 22.5 Å². The van der Waals surface area contributed by atoms with Crippen molar-refractivity contribution in [2.24, 2.45) is 0 Å². The SMILES string of the molecule is Cc1cc2c(c(C)c1C)N(C)C(=O)/C2=C1/C(=O)N(C)c2c(C)c(C)c(C)c(C)c21.